The summed E-state index contributed by atoms with van der Waals surface area (Å²) in [6.45, 7) is 1.87. The Bertz CT molecular complexity index is 1070. The minimum Gasteiger partial charge on any atom is -0.464 e. The molecule has 0 saturated carbocycles. The number of hydrogen-bond donors (Lipinski definition) is 1. The normalized spacial score (nSPS) is 11.4. The highest BCUT2D eigenvalue weighted by molar-refractivity contribution is 7.92. The first kappa shape index (κ1) is 16.1. The van der Waals surface area contributed by atoms with E-state index in [2.05, 4.69) is 4.72 Å². The molecule has 1 N–H and O–H groups in total. The van der Waals surface area contributed by atoms with Crippen molar-refractivity contribution >= 4 is 26.7 Å². The third kappa shape index (κ3) is 3.41. The summed E-state index contributed by atoms with van der Waals surface area (Å²) >= 11 is 0. The molecule has 124 valence electrons. The molecular weight excluding hydrogens is 330 g/mol. The molecule has 7 heteroatoms. The number of anilines is 1. The lowest BCUT2D eigenvalue weighted by Crippen LogP contribution is -2.11. The first-order chi connectivity index (χ1) is 11.3. The van der Waals surface area contributed by atoms with Gasteiger partial charge >= 0.3 is 0 Å². The third-order valence-electron chi connectivity index (χ3n) is 3.37. The van der Waals surface area contributed by atoms with Crippen LogP contribution in [0.5, 0.6) is 11.5 Å². The monoisotopic (exact) mass is 345 g/mol. The average molecular weight is 345 g/mol. The van der Waals surface area contributed by atoms with Gasteiger partial charge in [0.2, 0.25) is 10.0 Å². The van der Waals surface area contributed by atoms with E-state index < -0.39 is 10.0 Å². The lowest BCUT2D eigenvalue weighted by atomic mass is 10.2. The van der Waals surface area contributed by atoms with E-state index in [9.17, 15) is 13.2 Å². The second kappa shape index (κ2) is 6.01. The van der Waals surface area contributed by atoms with Crippen molar-refractivity contribution in [3.05, 3.63) is 64.5 Å². The Balaban J connectivity index is 2.19. The molecule has 0 aliphatic rings. The van der Waals surface area contributed by atoms with Crippen LogP contribution in [0.3, 0.4) is 0 Å². The van der Waals surface area contributed by atoms with Crippen molar-refractivity contribution in [2.24, 2.45) is 0 Å². The van der Waals surface area contributed by atoms with Gasteiger partial charge in [-0.25, -0.2) is 8.42 Å². The summed E-state index contributed by atoms with van der Waals surface area (Å²) in [4.78, 5) is 12.0. The number of aryl methyl sites for hydroxylation is 1. The van der Waals surface area contributed by atoms with E-state index in [-0.39, 0.29) is 22.4 Å². The molecule has 24 heavy (non-hydrogen) atoms. The maximum atomic E-state index is 12.0. The molecule has 0 radical (unpaired) electrons. The number of sulfonamides is 1. The molecule has 2 aromatic carbocycles. The summed E-state index contributed by atoms with van der Waals surface area (Å²) in [5.41, 5.74) is 1.10. The van der Waals surface area contributed by atoms with E-state index in [0.29, 0.717) is 11.1 Å². The Labute approximate surface area is 138 Å². The third-order valence-corrected chi connectivity index (χ3v) is 3.96. The van der Waals surface area contributed by atoms with Crippen LogP contribution in [0.2, 0.25) is 0 Å². The SMILES string of the molecule is Cc1ccccc1Oc1cc2c(=O)ccoc2cc1NS(C)(=O)=O. The fourth-order valence-electron chi connectivity index (χ4n) is 2.26. The maximum Gasteiger partial charge on any atom is 0.229 e. The Kier molecular flexibility index (Phi) is 4.02. The Hall–Kier alpha value is -2.80. The van der Waals surface area contributed by atoms with E-state index in [0.717, 1.165) is 11.8 Å². The van der Waals surface area contributed by atoms with Crippen molar-refractivity contribution in [2.45, 2.75) is 6.92 Å². The first-order valence-corrected chi connectivity index (χ1v) is 8.99. The quantitative estimate of drug-likeness (QED) is 0.784. The van der Waals surface area contributed by atoms with Crippen LogP contribution in [0.15, 0.2) is 57.9 Å². The van der Waals surface area contributed by atoms with Gasteiger partial charge in [-0.2, -0.15) is 0 Å². The Morgan fingerprint density at radius 2 is 1.83 bits per heavy atom. The second-order valence-corrected chi connectivity index (χ2v) is 7.12. The molecule has 6 nitrogen and oxygen atoms in total. The van der Waals surface area contributed by atoms with Gasteiger partial charge in [-0.3, -0.25) is 9.52 Å². The number of rotatable bonds is 4. The molecule has 0 saturated heterocycles. The molecule has 0 bridgehead atoms. The van der Waals surface area contributed by atoms with Gasteiger partial charge in [0.15, 0.2) is 11.2 Å². The van der Waals surface area contributed by atoms with Gasteiger partial charge in [-0.05, 0) is 24.6 Å². The summed E-state index contributed by atoms with van der Waals surface area (Å²) in [6.07, 6.45) is 2.30. The largest absolute Gasteiger partial charge is 0.464 e. The highest BCUT2D eigenvalue weighted by Crippen LogP contribution is 2.34. The average Bonchev–Trinajstić information content (AvgIpc) is 2.49. The van der Waals surface area contributed by atoms with E-state index in [4.69, 9.17) is 9.15 Å². The smallest absolute Gasteiger partial charge is 0.229 e. The van der Waals surface area contributed by atoms with Crippen molar-refractivity contribution in [1.29, 1.82) is 0 Å². The molecule has 1 heterocycles. The zero-order valence-electron chi connectivity index (χ0n) is 13.1. The zero-order chi connectivity index (χ0) is 17.3. The van der Waals surface area contributed by atoms with Crippen LogP contribution in [-0.4, -0.2) is 14.7 Å². The summed E-state index contributed by atoms with van der Waals surface area (Å²) in [5, 5.41) is 0.306. The highest BCUT2D eigenvalue weighted by Gasteiger charge is 2.14. The van der Waals surface area contributed by atoms with E-state index in [1.807, 2.05) is 19.1 Å². The summed E-state index contributed by atoms with van der Waals surface area (Å²) in [6, 6.07) is 11.5. The van der Waals surface area contributed by atoms with Crippen LogP contribution in [0.4, 0.5) is 5.69 Å². The molecule has 0 fully saturated rings. The molecule has 0 spiro atoms. The van der Waals surface area contributed by atoms with E-state index >= 15 is 0 Å². The van der Waals surface area contributed by atoms with Crippen LogP contribution in [-0.2, 0) is 10.0 Å². The van der Waals surface area contributed by atoms with Gasteiger partial charge in [-0.15, -0.1) is 0 Å². The van der Waals surface area contributed by atoms with Gasteiger partial charge in [0.05, 0.1) is 23.6 Å². The zero-order valence-corrected chi connectivity index (χ0v) is 13.9. The lowest BCUT2D eigenvalue weighted by molar-refractivity contribution is 0.481. The Morgan fingerprint density at radius 3 is 2.54 bits per heavy atom. The van der Waals surface area contributed by atoms with Crippen LogP contribution in [0.25, 0.3) is 11.0 Å². The van der Waals surface area contributed by atoms with Gasteiger partial charge in [0.1, 0.15) is 11.3 Å². The van der Waals surface area contributed by atoms with Crippen molar-refractivity contribution in [3.63, 3.8) is 0 Å². The molecule has 0 aliphatic carbocycles. The molecule has 0 unspecified atom stereocenters. The van der Waals surface area contributed by atoms with E-state index in [1.165, 1.54) is 24.5 Å². The number of benzene rings is 2. The standard InChI is InChI=1S/C17H15NO5S/c1-11-5-3-4-6-15(11)23-17-9-12-14(19)7-8-22-16(12)10-13(17)18-24(2,20)21/h3-10,18H,1-2H3. The minimum atomic E-state index is -3.53. The number of para-hydroxylation sites is 1. The molecule has 1 aromatic heterocycles. The van der Waals surface area contributed by atoms with E-state index in [1.54, 1.807) is 12.1 Å². The Morgan fingerprint density at radius 1 is 1.08 bits per heavy atom. The summed E-state index contributed by atoms with van der Waals surface area (Å²) in [7, 11) is -3.53. The number of hydrogen-bond acceptors (Lipinski definition) is 5. The second-order valence-electron chi connectivity index (χ2n) is 5.37. The highest BCUT2D eigenvalue weighted by atomic mass is 32.2. The predicted molar refractivity (Wildman–Crippen MR) is 92.2 cm³/mol. The lowest BCUT2D eigenvalue weighted by Gasteiger charge is -2.14. The molecule has 3 aromatic rings. The molecule has 0 atom stereocenters. The summed E-state index contributed by atoms with van der Waals surface area (Å²) in [5.74, 6) is 0.787. The molecular formula is C17H15NO5S. The van der Waals surface area contributed by atoms with Gasteiger partial charge in [-0.1, -0.05) is 18.2 Å². The molecule has 3 rings (SSSR count). The predicted octanol–water partition coefficient (Wildman–Crippen LogP) is 3.27. The number of nitrogens with one attached hydrogen (secondary N) is 1. The number of fused-ring (bicyclic) bond motifs is 1. The molecule has 0 aliphatic heterocycles. The van der Waals surface area contributed by atoms with Gasteiger partial charge in [0, 0.05) is 12.1 Å². The fraction of sp³-hybridized carbons (Fsp3) is 0.118. The van der Waals surface area contributed by atoms with Crippen molar-refractivity contribution < 1.29 is 17.6 Å². The van der Waals surface area contributed by atoms with Crippen molar-refractivity contribution in [1.82, 2.24) is 0 Å². The number of ether oxygens (including phenoxy) is 1. The van der Waals surface area contributed by atoms with Crippen molar-refractivity contribution in [2.75, 3.05) is 11.0 Å². The topological polar surface area (TPSA) is 85.6 Å². The fourth-order valence-corrected chi connectivity index (χ4v) is 2.82. The van der Waals surface area contributed by atoms with Crippen LogP contribution < -0.4 is 14.9 Å². The molecule has 0 amide bonds. The van der Waals surface area contributed by atoms with Gasteiger partial charge < -0.3 is 9.15 Å². The first-order valence-electron chi connectivity index (χ1n) is 7.10. The summed E-state index contributed by atoms with van der Waals surface area (Å²) < 4.78 is 36.7. The van der Waals surface area contributed by atoms with Crippen LogP contribution in [0, 0.1) is 6.92 Å². The van der Waals surface area contributed by atoms with Crippen LogP contribution >= 0.6 is 0 Å². The minimum absolute atomic E-state index is 0.197. The van der Waals surface area contributed by atoms with Crippen molar-refractivity contribution in [3.8, 4) is 11.5 Å². The van der Waals surface area contributed by atoms with Crippen LogP contribution in [0.1, 0.15) is 5.56 Å². The van der Waals surface area contributed by atoms with Gasteiger partial charge in [0.25, 0.3) is 0 Å². The maximum absolute atomic E-state index is 12.0.